The monoisotopic (exact) mass is 467 g/mol. The van der Waals surface area contributed by atoms with E-state index in [1.165, 1.54) is 23.5 Å². The highest BCUT2D eigenvalue weighted by atomic mass is 32.1. The predicted octanol–water partition coefficient (Wildman–Crippen LogP) is 4.50. The van der Waals surface area contributed by atoms with Crippen LogP contribution in [-0.2, 0) is 17.8 Å². The Morgan fingerprint density at radius 2 is 2.03 bits per heavy atom. The van der Waals surface area contributed by atoms with Crippen LogP contribution < -0.4 is 10.1 Å². The number of amides is 2. The van der Waals surface area contributed by atoms with E-state index in [-0.39, 0.29) is 30.3 Å². The number of halogens is 1. The molecule has 2 aromatic carbocycles. The fourth-order valence-electron chi connectivity index (χ4n) is 3.98. The zero-order valence-electron chi connectivity index (χ0n) is 18.6. The number of rotatable bonds is 7. The van der Waals surface area contributed by atoms with Crippen LogP contribution in [0.3, 0.4) is 0 Å². The van der Waals surface area contributed by atoms with Crippen molar-refractivity contribution in [2.45, 2.75) is 39.3 Å². The normalized spacial score (nSPS) is 15.1. The van der Waals surface area contributed by atoms with E-state index in [9.17, 15) is 14.0 Å². The Kier molecular flexibility index (Phi) is 7.03. The van der Waals surface area contributed by atoms with Gasteiger partial charge in [-0.3, -0.25) is 9.59 Å². The number of carbonyl (C=O) groups excluding carboxylic acids is 2. The molecule has 0 spiro atoms. The van der Waals surface area contributed by atoms with Gasteiger partial charge < -0.3 is 15.0 Å². The van der Waals surface area contributed by atoms with E-state index in [1.54, 1.807) is 29.3 Å². The zero-order chi connectivity index (χ0) is 23.4. The third-order valence-electron chi connectivity index (χ3n) is 5.62. The van der Waals surface area contributed by atoms with Crippen LogP contribution in [0.4, 0.5) is 4.39 Å². The molecule has 33 heavy (non-hydrogen) atoms. The van der Waals surface area contributed by atoms with Crippen LogP contribution in [0.1, 0.15) is 58.5 Å². The minimum atomic E-state index is -0.313. The minimum absolute atomic E-state index is 0.0297. The molecule has 0 saturated carbocycles. The van der Waals surface area contributed by atoms with E-state index in [1.807, 2.05) is 25.1 Å². The van der Waals surface area contributed by atoms with Crippen molar-refractivity contribution in [3.05, 3.63) is 81.1 Å². The van der Waals surface area contributed by atoms with Crippen molar-refractivity contribution in [1.82, 2.24) is 15.2 Å². The molecule has 1 aliphatic heterocycles. The number of fused-ring (bicyclic) bond motifs is 1. The van der Waals surface area contributed by atoms with Crippen LogP contribution in [0.15, 0.2) is 47.8 Å². The average Bonchev–Trinajstić information content (AvgIpc) is 3.30. The van der Waals surface area contributed by atoms with Gasteiger partial charge in [0.25, 0.3) is 5.91 Å². The molecule has 1 aromatic heterocycles. The van der Waals surface area contributed by atoms with Gasteiger partial charge in [0.05, 0.1) is 6.04 Å². The lowest BCUT2D eigenvalue weighted by atomic mass is 9.88. The van der Waals surface area contributed by atoms with Crippen molar-refractivity contribution in [2.24, 2.45) is 0 Å². The number of ether oxygens (including phenoxy) is 1. The molecule has 6 nitrogen and oxygen atoms in total. The van der Waals surface area contributed by atoms with Crippen LogP contribution >= 0.6 is 11.3 Å². The molecule has 0 radical (unpaired) electrons. The fraction of sp³-hybridized carbons (Fsp3) is 0.320. The highest BCUT2D eigenvalue weighted by Crippen LogP contribution is 2.37. The Morgan fingerprint density at radius 1 is 1.24 bits per heavy atom. The second-order valence-electron chi connectivity index (χ2n) is 7.95. The molecule has 1 N–H and O–H groups in total. The highest BCUT2D eigenvalue weighted by molar-refractivity contribution is 7.09. The number of hydrogen-bond acceptors (Lipinski definition) is 5. The maximum absolute atomic E-state index is 13.5. The predicted molar refractivity (Wildman–Crippen MR) is 125 cm³/mol. The van der Waals surface area contributed by atoms with E-state index in [0.29, 0.717) is 29.5 Å². The van der Waals surface area contributed by atoms with Crippen molar-refractivity contribution in [2.75, 3.05) is 13.1 Å². The lowest BCUT2D eigenvalue weighted by Crippen LogP contribution is -2.39. The van der Waals surface area contributed by atoms with Gasteiger partial charge in [-0.05, 0) is 53.8 Å². The van der Waals surface area contributed by atoms with Gasteiger partial charge in [0.15, 0.2) is 0 Å². The molecule has 2 heterocycles. The molecule has 172 valence electrons. The van der Waals surface area contributed by atoms with Crippen LogP contribution in [-0.4, -0.2) is 34.8 Å². The number of hydrogen-bond donors (Lipinski definition) is 1. The zero-order valence-corrected chi connectivity index (χ0v) is 19.5. The summed E-state index contributed by atoms with van der Waals surface area (Å²) in [6, 6.07) is 11.8. The molecule has 4 rings (SSSR count). The summed E-state index contributed by atoms with van der Waals surface area (Å²) in [5.41, 5.74) is 3.36. The smallest absolute Gasteiger partial charge is 0.270 e. The first kappa shape index (κ1) is 22.9. The van der Waals surface area contributed by atoms with Gasteiger partial charge in [-0.15, -0.1) is 11.3 Å². The SMILES string of the molecule is CCCNC(=O)c1csc(COc2ccc3c(c2)[C@H](c2ccc(F)cc2)N(C(C)=O)CC3)n1. The lowest BCUT2D eigenvalue weighted by Gasteiger charge is -2.37. The van der Waals surface area contributed by atoms with Gasteiger partial charge in [0, 0.05) is 25.4 Å². The lowest BCUT2D eigenvalue weighted by molar-refractivity contribution is -0.130. The van der Waals surface area contributed by atoms with Crippen LogP contribution in [0.2, 0.25) is 0 Å². The number of nitrogens with zero attached hydrogens (tertiary/aromatic N) is 2. The molecule has 8 heteroatoms. The van der Waals surface area contributed by atoms with Crippen molar-refractivity contribution in [3.63, 3.8) is 0 Å². The molecule has 0 unspecified atom stereocenters. The Hall–Kier alpha value is -3.26. The molecule has 0 aliphatic carbocycles. The van der Waals surface area contributed by atoms with E-state index in [0.717, 1.165) is 29.5 Å². The standard InChI is InChI=1S/C25H26FN3O3S/c1-3-11-27-25(31)22-15-33-23(28-22)14-32-20-9-6-17-10-12-29(16(2)30)24(21(17)13-20)18-4-7-19(26)8-5-18/h4-9,13,15,24H,3,10-12,14H2,1-2H3,(H,27,31)/t24-/m0/s1. The molecule has 1 aliphatic rings. The highest BCUT2D eigenvalue weighted by Gasteiger charge is 2.31. The molecule has 0 saturated heterocycles. The van der Waals surface area contributed by atoms with Gasteiger partial charge in [-0.1, -0.05) is 25.1 Å². The third kappa shape index (κ3) is 5.22. The van der Waals surface area contributed by atoms with Crippen LogP contribution in [0.5, 0.6) is 5.75 Å². The Balaban J connectivity index is 1.54. The van der Waals surface area contributed by atoms with E-state index in [2.05, 4.69) is 10.3 Å². The number of benzene rings is 2. The van der Waals surface area contributed by atoms with E-state index >= 15 is 0 Å². The first-order valence-corrected chi connectivity index (χ1v) is 11.8. The second kappa shape index (κ2) is 10.1. The molecule has 2 amide bonds. The molecule has 3 aromatic rings. The Morgan fingerprint density at radius 3 is 2.76 bits per heavy atom. The maximum atomic E-state index is 13.5. The van der Waals surface area contributed by atoms with E-state index < -0.39 is 0 Å². The molecule has 0 bridgehead atoms. The van der Waals surface area contributed by atoms with Gasteiger partial charge >= 0.3 is 0 Å². The molecule has 0 fully saturated rings. The van der Waals surface area contributed by atoms with Crippen LogP contribution in [0, 0.1) is 5.82 Å². The number of nitrogens with one attached hydrogen (secondary N) is 1. The first-order chi connectivity index (χ1) is 16.0. The second-order valence-corrected chi connectivity index (χ2v) is 8.89. The van der Waals surface area contributed by atoms with Gasteiger partial charge in [-0.25, -0.2) is 9.37 Å². The van der Waals surface area contributed by atoms with Crippen molar-refractivity contribution >= 4 is 23.2 Å². The number of thiazole rings is 1. The summed E-state index contributed by atoms with van der Waals surface area (Å²) in [6.07, 6.45) is 1.61. The van der Waals surface area contributed by atoms with E-state index in [4.69, 9.17) is 4.74 Å². The number of carbonyl (C=O) groups is 2. The van der Waals surface area contributed by atoms with Gasteiger partial charge in [-0.2, -0.15) is 0 Å². The largest absolute Gasteiger partial charge is 0.486 e. The summed E-state index contributed by atoms with van der Waals surface area (Å²) in [5, 5.41) is 5.25. The molecular formula is C25H26FN3O3S. The fourth-order valence-corrected chi connectivity index (χ4v) is 4.67. The summed E-state index contributed by atoms with van der Waals surface area (Å²) < 4.78 is 19.5. The van der Waals surface area contributed by atoms with Gasteiger partial charge in [0.2, 0.25) is 5.91 Å². The van der Waals surface area contributed by atoms with Crippen LogP contribution in [0.25, 0.3) is 0 Å². The number of aromatic nitrogens is 1. The van der Waals surface area contributed by atoms with Crippen molar-refractivity contribution in [1.29, 1.82) is 0 Å². The quantitative estimate of drug-likeness (QED) is 0.556. The molecular weight excluding hydrogens is 441 g/mol. The first-order valence-electron chi connectivity index (χ1n) is 11.0. The third-order valence-corrected chi connectivity index (χ3v) is 6.44. The summed E-state index contributed by atoms with van der Waals surface area (Å²) in [5.74, 6) is 0.128. The van der Waals surface area contributed by atoms with Crippen molar-refractivity contribution < 1.29 is 18.7 Å². The summed E-state index contributed by atoms with van der Waals surface area (Å²) in [7, 11) is 0. The summed E-state index contributed by atoms with van der Waals surface area (Å²) in [4.78, 5) is 30.6. The van der Waals surface area contributed by atoms with Crippen molar-refractivity contribution in [3.8, 4) is 5.75 Å². The minimum Gasteiger partial charge on any atom is -0.486 e. The average molecular weight is 468 g/mol. The Labute approximate surface area is 196 Å². The summed E-state index contributed by atoms with van der Waals surface area (Å²) >= 11 is 1.38. The molecule has 1 atom stereocenters. The maximum Gasteiger partial charge on any atom is 0.270 e. The Bertz CT molecular complexity index is 1150. The topological polar surface area (TPSA) is 71.5 Å². The van der Waals surface area contributed by atoms with Gasteiger partial charge in [0.1, 0.15) is 28.9 Å². The summed E-state index contributed by atoms with van der Waals surface area (Å²) in [6.45, 7) is 5.01.